The molecule has 1 heterocycles. The van der Waals surface area contributed by atoms with Crippen molar-refractivity contribution < 1.29 is 9.53 Å². The zero-order valence-electron chi connectivity index (χ0n) is 12.7. The quantitative estimate of drug-likeness (QED) is 0.765. The lowest BCUT2D eigenvalue weighted by atomic mass is 9.91. The van der Waals surface area contributed by atoms with Crippen LogP contribution >= 0.6 is 0 Å². The molecule has 0 aromatic rings. The van der Waals surface area contributed by atoms with Gasteiger partial charge < -0.3 is 10.1 Å². The van der Waals surface area contributed by atoms with Crippen molar-refractivity contribution in [2.24, 2.45) is 0 Å². The van der Waals surface area contributed by atoms with Gasteiger partial charge in [0.1, 0.15) is 0 Å². The van der Waals surface area contributed by atoms with E-state index in [1.54, 1.807) is 0 Å². The predicted molar refractivity (Wildman–Crippen MR) is 73.6 cm³/mol. The average Bonchev–Trinajstić information content (AvgIpc) is 2.36. The molecular weight excluding hydrogens is 228 g/mol. The van der Waals surface area contributed by atoms with Gasteiger partial charge >= 0.3 is 5.97 Å². The molecule has 4 nitrogen and oxygen atoms in total. The summed E-state index contributed by atoms with van der Waals surface area (Å²) in [4.78, 5) is 13.9. The van der Waals surface area contributed by atoms with Crippen LogP contribution in [0.2, 0.25) is 0 Å². The smallest absolute Gasteiger partial charge is 0.307 e. The lowest BCUT2D eigenvalue weighted by Gasteiger charge is -2.47. The maximum Gasteiger partial charge on any atom is 0.307 e. The molecule has 0 aromatic heterocycles. The van der Waals surface area contributed by atoms with Crippen LogP contribution in [0.5, 0.6) is 0 Å². The monoisotopic (exact) mass is 256 g/mol. The van der Waals surface area contributed by atoms with Crippen LogP contribution in [0, 0.1) is 0 Å². The van der Waals surface area contributed by atoms with E-state index in [4.69, 9.17) is 4.74 Å². The zero-order chi connectivity index (χ0) is 14.0. The topological polar surface area (TPSA) is 41.6 Å². The Kier molecular flexibility index (Phi) is 4.78. The summed E-state index contributed by atoms with van der Waals surface area (Å²) in [5.41, 5.74) is 0.250. The van der Waals surface area contributed by atoms with E-state index < -0.39 is 0 Å². The molecule has 1 N–H and O–H groups in total. The van der Waals surface area contributed by atoms with Gasteiger partial charge in [0.2, 0.25) is 0 Å². The Bertz CT molecular complexity index is 295. The number of esters is 1. The van der Waals surface area contributed by atoms with Gasteiger partial charge in [0.05, 0.1) is 13.5 Å². The number of carbonyl (C=O) groups is 1. The molecule has 1 saturated heterocycles. The second-order valence-electron chi connectivity index (χ2n) is 6.78. The van der Waals surface area contributed by atoms with Gasteiger partial charge in [0.25, 0.3) is 0 Å². The van der Waals surface area contributed by atoms with Crippen LogP contribution in [0.4, 0.5) is 0 Å². The Hall–Kier alpha value is -0.610. The number of ether oxygens (including phenoxy) is 1. The standard InChI is InChI=1S/C14H28N2O2/c1-13(2,3)16-10-11(9-12(17)18-6)15-8-7-14(16,4)5/h11,15H,7-10H2,1-6H3. The molecule has 0 radical (unpaired) electrons. The summed E-state index contributed by atoms with van der Waals surface area (Å²) in [6.45, 7) is 13.1. The summed E-state index contributed by atoms with van der Waals surface area (Å²) in [7, 11) is 1.45. The third-order valence-corrected chi connectivity index (χ3v) is 3.75. The minimum atomic E-state index is -0.138. The van der Waals surface area contributed by atoms with E-state index in [0.29, 0.717) is 6.42 Å². The average molecular weight is 256 g/mol. The Morgan fingerprint density at radius 1 is 1.44 bits per heavy atom. The fourth-order valence-electron chi connectivity index (χ4n) is 2.85. The van der Waals surface area contributed by atoms with Crippen LogP contribution < -0.4 is 5.32 Å². The minimum absolute atomic E-state index is 0.101. The third kappa shape index (κ3) is 3.95. The summed E-state index contributed by atoms with van der Waals surface area (Å²) in [5.74, 6) is -0.138. The predicted octanol–water partition coefficient (Wildman–Crippen LogP) is 1.79. The third-order valence-electron chi connectivity index (χ3n) is 3.75. The zero-order valence-corrected chi connectivity index (χ0v) is 12.7. The van der Waals surface area contributed by atoms with Gasteiger partial charge in [-0.2, -0.15) is 0 Å². The molecular formula is C14H28N2O2. The Morgan fingerprint density at radius 3 is 2.56 bits per heavy atom. The normalized spacial score (nSPS) is 25.6. The first-order chi connectivity index (χ1) is 8.16. The van der Waals surface area contributed by atoms with E-state index in [2.05, 4.69) is 44.8 Å². The summed E-state index contributed by atoms with van der Waals surface area (Å²) in [6.07, 6.45) is 1.53. The number of nitrogens with zero attached hydrogens (tertiary/aromatic N) is 1. The highest BCUT2D eigenvalue weighted by molar-refractivity contribution is 5.69. The molecule has 0 amide bonds. The van der Waals surface area contributed by atoms with E-state index in [1.165, 1.54) is 7.11 Å². The van der Waals surface area contributed by atoms with Gasteiger partial charge in [-0.05, 0) is 47.6 Å². The van der Waals surface area contributed by atoms with Crippen LogP contribution in [0.25, 0.3) is 0 Å². The Balaban J connectivity index is 2.81. The summed E-state index contributed by atoms with van der Waals surface area (Å²) < 4.78 is 4.77. The molecule has 1 rings (SSSR count). The highest BCUT2D eigenvalue weighted by Gasteiger charge is 2.38. The molecule has 0 spiro atoms. The van der Waals surface area contributed by atoms with Crippen LogP contribution in [0.15, 0.2) is 0 Å². The van der Waals surface area contributed by atoms with Gasteiger partial charge in [-0.3, -0.25) is 9.69 Å². The summed E-state index contributed by atoms with van der Waals surface area (Å²) in [5, 5.41) is 3.46. The van der Waals surface area contributed by atoms with Gasteiger partial charge in [0, 0.05) is 23.7 Å². The molecule has 106 valence electrons. The van der Waals surface area contributed by atoms with Crippen molar-refractivity contribution in [1.82, 2.24) is 10.2 Å². The Labute approximate surface area is 111 Å². The second-order valence-corrected chi connectivity index (χ2v) is 6.78. The number of nitrogens with one attached hydrogen (secondary N) is 1. The molecule has 1 aliphatic heterocycles. The van der Waals surface area contributed by atoms with Crippen LogP contribution in [0.3, 0.4) is 0 Å². The van der Waals surface area contributed by atoms with Gasteiger partial charge in [-0.25, -0.2) is 0 Å². The minimum Gasteiger partial charge on any atom is -0.469 e. The molecule has 0 saturated carbocycles. The first kappa shape index (κ1) is 15.4. The van der Waals surface area contributed by atoms with E-state index >= 15 is 0 Å². The number of hydrogen-bond donors (Lipinski definition) is 1. The molecule has 0 aliphatic carbocycles. The van der Waals surface area contributed by atoms with Crippen molar-refractivity contribution in [3.63, 3.8) is 0 Å². The van der Waals surface area contributed by atoms with Gasteiger partial charge in [0.15, 0.2) is 0 Å². The van der Waals surface area contributed by atoms with Crippen molar-refractivity contribution in [3.05, 3.63) is 0 Å². The second kappa shape index (κ2) is 5.57. The highest BCUT2D eigenvalue weighted by atomic mass is 16.5. The van der Waals surface area contributed by atoms with E-state index in [9.17, 15) is 4.79 Å². The largest absolute Gasteiger partial charge is 0.469 e. The number of methoxy groups -OCH3 is 1. The molecule has 18 heavy (non-hydrogen) atoms. The first-order valence-electron chi connectivity index (χ1n) is 6.75. The van der Waals surface area contributed by atoms with Crippen molar-refractivity contribution >= 4 is 5.97 Å². The Morgan fingerprint density at radius 2 is 2.06 bits per heavy atom. The van der Waals surface area contributed by atoms with Crippen LogP contribution in [-0.2, 0) is 9.53 Å². The van der Waals surface area contributed by atoms with E-state index in [-0.39, 0.29) is 23.1 Å². The molecule has 4 heteroatoms. The number of rotatable bonds is 2. The number of hydrogen-bond acceptors (Lipinski definition) is 4. The fraction of sp³-hybridized carbons (Fsp3) is 0.929. The molecule has 1 fully saturated rings. The summed E-state index contributed by atoms with van der Waals surface area (Å²) >= 11 is 0. The summed E-state index contributed by atoms with van der Waals surface area (Å²) in [6, 6.07) is 0.179. The van der Waals surface area contributed by atoms with Crippen molar-refractivity contribution in [2.75, 3.05) is 20.2 Å². The van der Waals surface area contributed by atoms with Gasteiger partial charge in [-0.1, -0.05) is 0 Å². The molecule has 0 bridgehead atoms. The van der Waals surface area contributed by atoms with E-state index in [1.807, 2.05) is 0 Å². The van der Waals surface area contributed by atoms with Crippen molar-refractivity contribution in [3.8, 4) is 0 Å². The van der Waals surface area contributed by atoms with E-state index in [0.717, 1.165) is 19.5 Å². The number of carbonyl (C=O) groups excluding carboxylic acids is 1. The van der Waals surface area contributed by atoms with Crippen LogP contribution in [0.1, 0.15) is 47.5 Å². The van der Waals surface area contributed by atoms with Crippen molar-refractivity contribution in [1.29, 1.82) is 0 Å². The maximum absolute atomic E-state index is 11.4. The molecule has 1 unspecified atom stereocenters. The first-order valence-corrected chi connectivity index (χ1v) is 6.75. The SMILES string of the molecule is COC(=O)CC1CN(C(C)(C)C)C(C)(C)CCN1. The van der Waals surface area contributed by atoms with Gasteiger partial charge in [-0.15, -0.1) is 0 Å². The highest BCUT2D eigenvalue weighted by Crippen LogP contribution is 2.29. The van der Waals surface area contributed by atoms with Crippen LogP contribution in [-0.4, -0.2) is 48.2 Å². The fourth-order valence-corrected chi connectivity index (χ4v) is 2.85. The molecule has 1 atom stereocenters. The lowest BCUT2D eigenvalue weighted by molar-refractivity contribution is -0.141. The molecule has 1 aliphatic rings. The maximum atomic E-state index is 11.4. The lowest BCUT2D eigenvalue weighted by Crippen LogP contribution is -2.56. The molecule has 0 aromatic carbocycles. The van der Waals surface area contributed by atoms with Crippen molar-refractivity contribution in [2.45, 2.75) is 64.6 Å².